The van der Waals surface area contributed by atoms with Crippen LogP contribution in [0.5, 0.6) is 0 Å². The highest BCUT2D eigenvalue weighted by atomic mass is 16.4. The molecular weight excluding hydrogens is 232 g/mol. The number of amides is 1. The highest BCUT2D eigenvalue weighted by Gasteiger charge is 2.15. The fraction of sp³-hybridized carbons (Fsp3) is 0.385. The molecule has 0 aliphatic rings. The summed E-state index contributed by atoms with van der Waals surface area (Å²) in [4.78, 5) is 24.0. The lowest BCUT2D eigenvalue weighted by Crippen LogP contribution is -2.30. The van der Waals surface area contributed by atoms with E-state index in [9.17, 15) is 9.59 Å². The van der Waals surface area contributed by atoms with Gasteiger partial charge in [0, 0.05) is 19.2 Å². The number of carbonyl (C=O) groups is 2. The fourth-order valence-corrected chi connectivity index (χ4v) is 1.67. The van der Waals surface area contributed by atoms with Crippen molar-refractivity contribution in [1.82, 2.24) is 4.90 Å². The van der Waals surface area contributed by atoms with Crippen LogP contribution in [0.2, 0.25) is 0 Å². The summed E-state index contributed by atoms with van der Waals surface area (Å²) in [6, 6.07) is 7.26. The maximum absolute atomic E-state index is 12.1. The van der Waals surface area contributed by atoms with Crippen LogP contribution in [0.1, 0.15) is 22.3 Å². The molecule has 18 heavy (non-hydrogen) atoms. The summed E-state index contributed by atoms with van der Waals surface area (Å²) in [5.41, 5.74) is 6.99. The Bertz CT molecular complexity index is 432. The molecule has 0 unspecified atom stereocenters. The van der Waals surface area contributed by atoms with Crippen molar-refractivity contribution in [3.05, 3.63) is 35.4 Å². The molecular formula is C13H18N2O3. The molecule has 0 aliphatic heterocycles. The summed E-state index contributed by atoms with van der Waals surface area (Å²) >= 11 is 0. The van der Waals surface area contributed by atoms with E-state index in [1.165, 1.54) is 4.90 Å². The maximum Gasteiger partial charge on any atom is 0.305 e. The van der Waals surface area contributed by atoms with Gasteiger partial charge in [0.2, 0.25) is 0 Å². The molecule has 5 nitrogen and oxygen atoms in total. The van der Waals surface area contributed by atoms with E-state index >= 15 is 0 Å². The second-order valence-electron chi connectivity index (χ2n) is 4.07. The number of benzene rings is 1. The molecule has 0 bridgehead atoms. The van der Waals surface area contributed by atoms with Crippen LogP contribution in [-0.4, -0.2) is 42.0 Å². The maximum atomic E-state index is 12.1. The van der Waals surface area contributed by atoms with E-state index in [0.29, 0.717) is 18.5 Å². The van der Waals surface area contributed by atoms with Crippen LogP contribution < -0.4 is 5.73 Å². The van der Waals surface area contributed by atoms with Crippen molar-refractivity contribution in [3.8, 4) is 0 Å². The molecule has 1 amide bonds. The molecule has 1 aromatic rings. The highest BCUT2D eigenvalue weighted by Crippen LogP contribution is 2.11. The summed E-state index contributed by atoms with van der Waals surface area (Å²) in [6.07, 6.45) is 0.579. The van der Waals surface area contributed by atoms with Gasteiger partial charge in [-0.2, -0.15) is 0 Å². The first-order valence-electron chi connectivity index (χ1n) is 5.81. The normalized spacial score (nSPS) is 10.1. The summed E-state index contributed by atoms with van der Waals surface area (Å²) in [5, 5.41) is 8.60. The average Bonchev–Trinajstić information content (AvgIpc) is 2.36. The number of carboxylic acid groups (broad SMARTS) is 1. The van der Waals surface area contributed by atoms with Crippen LogP contribution in [0.15, 0.2) is 24.3 Å². The van der Waals surface area contributed by atoms with Crippen molar-refractivity contribution in [2.24, 2.45) is 5.73 Å². The van der Waals surface area contributed by atoms with Crippen molar-refractivity contribution in [1.29, 1.82) is 0 Å². The zero-order chi connectivity index (χ0) is 13.5. The third-order valence-corrected chi connectivity index (χ3v) is 2.67. The Kier molecular flexibility index (Phi) is 5.32. The van der Waals surface area contributed by atoms with Gasteiger partial charge >= 0.3 is 5.97 Å². The molecule has 1 rings (SSSR count). The summed E-state index contributed by atoms with van der Waals surface area (Å²) in [7, 11) is 1.60. The van der Waals surface area contributed by atoms with Gasteiger partial charge in [0.05, 0.1) is 6.42 Å². The predicted molar refractivity (Wildman–Crippen MR) is 68.4 cm³/mol. The quantitative estimate of drug-likeness (QED) is 0.779. The molecule has 0 fully saturated rings. The molecule has 5 heteroatoms. The first-order valence-corrected chi connectivity index (χ1v) is 5.81. The number of carboxylic acids is 1. The van der Waals surface area contributed by atoms with Crippen LogP contribution in [0.25, 0.3) is 0 Å². The second-order valence-corrected chi connectivity index (χ2v) is 4.07. The van der Waals surface area contributed by atoms with E-state index in [-0.39, 0.29) is 18.9 Å². The van der Waals surface area contributed by atoms with Crippen LogP contribution in [-0.2, 0) is 11.2 Å². The van der Waals surface area contributed by atoms with E-state index < -0.39 is 5.97 Å². The third kappa shape index (κ3) is 3.85. The third-order valence-electron chi connectivity index (χ3n) is 2.67. The van der Waals surface area contributed by atoms with E-state index in [1.54, 1.807) is 19.2 Å². The first-order chi connectivity index (χ1) is 8.56. The van der Waals surface area contributed by atoms with Crippen molar-refractivity contribution in [2.45, 2.75) is 12.8 Å². The van der Waals surface area contributed by atoms with Gasteiger partial charge in [0.15, 0.2) is 0 Å². The minimum atomic E-state index is -0.912. The first kappa shape index (κ1) is 14.2. The number of aliphatic carboxylic acids is 1. The average molecular weight is 250 g/mol. The van der Waals surface area contributed by atoms with Crippen molar-refractivity contribution in [3.63, 3.8) is 0 Å². The molecule has 0 radical (unpaired) electrons. The van der Waals surface area contributed by atoms with E-state index in [1.807, 2.05) is 12.1 Å². The van der Waals surface area contributed by atoms with Gasteiger partial charge in [0.25, 0.3) is 5.91 Å². The van der Waals surface area contributed by atoms with Crippen LogP contribution in [0.3, 0.4) is 0 Å². The SMILES string of the molecule is CN(CCC(=O)O)C(=O)c1ccccc1CCN. The standard InChI is InChI=1S/C13H18N2O3/c1-15(9-7-12(16)17)13(18)11-5-3-2-4-10(11)6-8-14/h2-5H,6-9,14H2,1H3,(H,16,17). The van der Waals surface area contributed by atoms with Crippen LogP contribution in [0.4, 0.5) is 0 Å². The fourth-order valence-electron chi connectivity index (χ4n) is 1.67. The topological polar surface area (TPSA) is 83.6 Å². The van der Waals surface area contributed by atoms with E-state index in [4.69, 9.17) is 10.8 Å². The number of nitrogens with zero attached hydrogens (tertiary/aromatic N) is 1. The summed E-state index contributed by atoms with van der Waals surface area (Å²) in [6.45, 7) is 0.675. The molecule has 0 aliphatic carbocycles. The Morgan fingerprint density at radius 3 is 2.61 bits per heavy atom. The number of hydrogen-bond acceptors (Lipinski definition) is 3. The van der Waals surface area contributed by atoms with E-state index in [2.05, 4.69) is 0 Å². The molecule has 0 spiro atoms. The lowest BCUT2D eigenvalue weighted by Gasteiger charge is -2.18. The van der Waals surface area contributed by atoms with Gasteiger partial charge in [0.1, 0.15) is 0 Å². The smallest absolute Gasteiger partial charge is 0.305 e. The molecule has 0 atom stereocenters. The van der Waals surface area contributed by atoms with Crippen LogP contribution >= 0.6 is 0 Å². The predicted octanol–water partition coefficient (Wildman–Crippen LogP) is 0.734. The van der Waals surface area contributed by atoms with Crippen molar-refractivity contribution in [2.75, 3.05) is 20.1 Å². The van der Waals surface area contributed by atoms with Gasteiger partial charge in [-0.3, -0.25) is 9.59 Å². The number of carbonyl (C=O) groups excluding carboxylic acids is 1. The minimum absolute atomic E-state index is 0.0543. The molecule has 0 saturated heterocycles. The number of nitrogens with two attached hydrogens (primary N) is 1. The highest BCUT2D eigenvalue weighted by molar-refractivity contribution is 5.95. The Morgan fingerprint density at radius 2 is 2.00 bits per heavy atom. The lowest BCUT2D eigenvalue weighted by atomic mass is 10.0. The Hall–Kier alpha value is -1.88. The molecule has 3 N–H and O–H groups in total. The monoisotopic (exact) mass is 250 g/mol. The van der Waals surface area contributed by atoms with Gasteiger partial charge < -0.3 is 15.7 Å². The minimum Gasteiger partial charge on any atom is -0.481 e. The zero-order valence-electron chi connectivity index (χ0n) is 10.4. The second kappa shape index (κ2) is 6.76. The molecule has 1 aromatic carbocycles. The Labute approximate surface area is 106 Å². The van der Waals surface area contributed by atoms with Crippen molar-refractivity contribution < 1.29 is 14.7 Å². The van der Waals surface area contributed by atoms with Gasteiger partial charge in [-0.15, -0.1) is 0 Å². The zero-order valence-corrected chi connectivity index (χ0v) is 10.4. The summed E-state index contributed by atoms with van der Waals surface area (Å²) < 4.78 is 0. The summed E-state index contributed by atoms with van der Waals surface area (Å²) in [5.74, 6) is -1.08. The molecule has 0 aromatic heterocycles. The van der Waals surface area contributed by atoms with E-state index in [0.717, 1.165) is 5.56 Å². The van der Waals surface area contributed by atoms with Gasteiger partial charge in [-0.1, -0.05) is 18.2 Å². The molecule has 0 saturated carbocycles. The number of rotatable bonds is 6. The Morgan fingerprint density at radius 1 is 1.33 bits per heavy atom. The Balaban J connectivity index is 2.79. The molecule has 98 valence electrons. The largest absolute Gasteiger partial charge is 0.481 e. The number of hydrogen-bond donors (Lipinski definition) is 2. The van der Waals surface area contributed by atoms with Gasteiger partial charge in [-0.25, -0.2) is 0 Å². The van der Waals surface area contributed by atoms with Gasteiger partial charge in [-0.05, 0) is 24.6 Å². The van der Waals surface area contributed by atoms with Crippen LogP contribution in [0, 0.1) is 0 Å². The van der Waals surface area contributed by atoms with Crippen molar-refractivity contribution >= 4 is 11.9 Å². The molecule has 0 heterocycles. The lowest BCUT2D eigenvalue weighted by molar-refractivity contribution is -0.137.